The smallest absolute Gasteiger partial charge is 0.258 e. The maximum absolute atomic E-state index is 10.7. The number of fused-ring (bicyclic) bond motifs is 1. The molecule has 0 aliphatic heterocycles. The summed E-state index contributed by atoms with van der Waals surface area (Å²) in [6.07, 6.45) is 1.52. The molecule has 0 saturated carbocycles. The number of halogens is 1. The topological polar surface area (TPSA) is 56.0 Å². The van der Waals surface area contributed by atoms with E-state index in [-0.39, 0.29) is 10.8 Å². The fourth-order valence-electron chi connectivity index (χ4n) is 1.29. The second kappa shape index (κ2) is 3.23. The molecule has 0 amide bonds. The van der Waals surface area contributed by atoms with Crippen LogP contribution in [0.5, 0.6) is 0 Å². The third-order valence-corrected chi connectivity index (χ3v) is 2.11. The number of nitrogens with zero attached hydrogens (tertiary/aromatic N) is 2. The van der Waals surface area contributed by atoms with Crippen LogP contribution in [0.15, 0.2) is 30.5 Å². The highest BCUT2D eigenvalue weighted by Crippen LogP contribution is 2.26. The molecule has 1 heterocycles. The molecule has 14 heavy (non-hydrogen) atoms. The standard InChI is InChI=1S/C9H5ClN2O2/c10-9-4-7-6(5-11-9)2-1-3-8(7)12(13)14/h1-5H. The number of non-ortho nitro benzene ring substituents is 1. The lowest BCUT2D eigenvalue weighted by Gasteiger charge is -1.98. The number of hydrogen-bond donors (Lipinski definition) is 0. The summed E-state index contributed by atoms with van der Waals surface area (Å²) in [5.74, 6) is 0. The first-order valence-corrected chi connectivity index (χ1v) is 4.25. The average molecular weight is 209 g/mol. The van der Waals surface area contributed by atoms with Crippen LogP contribution in [0.3, 0.4) is 0 Å². The Morgan fingerprint density at radius 2 is 2.21 bits per heavy atom. The van der Waals surface area contributed by atoms with Gasteiger partial charge in [-0.3, -0.25) is 10.1 Å². The molecule has 0 unspecified atom stereocenters. The van der Waals surface area contributed by atoms with Crippen LogP contribution in [0.2, 0.25) is 5.15 Å². The molecular weight excluding hydrogens is 204 g/mol. The monoisotopic (exact) mass is 208 g/mol. The molecule has 4 nitrogen and oxygen atoms in total. The lowest BCUT2D eigenvalue weighted by molar-refractivity contribution is -0.383. The Labute approximate surface area is 84.3 Å². The van der Waals surface area contributed by atoms with Gasteiger partial charge in [0.1, 0.15) is 5.15 Å². The van der Waals surface area contributed by atoms with Gasteiger partial charge in [-0.1, -0.05) is 23.7 Å². The fraction of sp³-hybridized carbons (Fsp3) is 0. The Balaban J connectivity index is 2.84. The molecule has 2 aromatic rings. The normalized spacial score (nSPS) is 10.4. The van der Waals surface area contributed by atoms with E-state index >= 15 is 0 Å². The van der Waals surface area contributed by atoms with Crippen LogP contribution < -0.4 is 0 Å². The van der Waals surface area contributed by atoms with Gasteiger partial charge in [0, 0.05) is 17.6 Å². The molecule has 1 aromatic heterocycles. The maximum atomic E-state index is 10.7. The molecule has 1 aromatic carbocycles. The van der Waals surface area contributed by atoms with Crippen LogP contribution in [0.4, 0.5) is 5.69 Å². The third-order valence-electron chi connectivity index (χ3n) is 1.90. The molecule has 5 heteroatoms. The van der Waals surface area contributed by atoms with Crippen molar-refractivity contribution in [3.63, 3.8) is 0 Å². The summed E-state index contributed by atoms with van der Waals surface area (Å²) >= 11 is 5.66. The predicted octanol–water partition coefficient (Wildman–Crippen LogP) is 2.80. The van der Waals surface area contributed by atoms with E-state index in [1.165, 1.54) is 18.3 Å². The number of hydrogen-bond acceptors (Lipinski definition) is 3. The minimum absolute atomic E-state index is 0.0480. The lowest BCUT2D eigenvalue weighted by Crippen LogP contribution is -1.89. The van der Waals surface area contributed by atoms with Crippen molar-refractivity contribution in [3.8, 4) is 0 Å². The molecule has 70 valence electrons. The molecule has 0 N–H and O–H groups in total. The van der Waals surface area contributed by atoms with Crippen molar-refractivity contribution in [2.75, 3.05) is 0 Å². The molecule has 0 aliphatic rings. The number of pyridine rings is 1. The highest BCUT2D eigenvalue weighted by Gasteiger charge is 2.11. The predicted molar refractivity (Wildman–Crippen MR) is 53.4 cm³/mol. The fourth-order valence-corrected chi connectivity index (χ4v) is 1.44. The van der Waals surface area contributed by atoms with Crippen LogP contribution in [0.25, 0.3) is 10.8 Å². The first kappa shape index (κ1) is 8.90. The number of aromatic nitrogens is 1. The summed E-state index contributed by atoms with van der Waals surface area (Å²) in [6.45, 7) is 0. The zero-order valence-corrected chi connectivity index (χ0v) is 7.73. The van der Waals surface area contributed by atoms with Crippen LogP contribution in [0.1, 0.15) is 0 Å². The molecule has 0 saturated heterocycles. The van der Waals surface area contributed by atoms with Gasteiger partial charge in [0.25, 0.3) is 5.69 Å². The zero-order valence-electron chi connectivity index (χ0n) is 6.98. The zero-order chi connectivity index (χ0) is 10.1. The number of rotatable bonds is 1. The largest absolute Gasteiger partial charge is 0.277 e. The van der Waals surface area contributed by atoms with Crippen molar-refractivity contribution < 1.29 is 4.92 Å². The van der Waals surface area contributed by atoms with Crippen LogP contribution >= 0.6 is 11.6 Å². The van der Waals surface area contributed by atoms with Crippen molar-refractivity contribution in [2.24, 2.45) is 0 Å². The van der Waals surface area contributed by atoms with E-state index in [4.69, 9.17) is 11.6 Å². The SMILES string of the molecule is O=[N+]([O-])c1cccc2cnc(Cl)cc12. The summed E-state index contributed by atoms with van der Waals surface area (Å²) in [5, 5.41) is 12.1. The van der Waals surface area contributed by atoms with Crippen molar-refractivity contribution in [3.05, 3.63) is 45.7 Å². The van der Waals surface area contributed by atoms with Gasteiger partial charge in [-0.05, 0) is 6.07 Å². The lowest BCUT2D eigenvalue weighted by atomic mass is 10.1. The van der Waals surface area contributed by atoms with E-state index in [2.05, 4.69) is 4.98 Å². The maximum Gasteiger partial charge on any atom is 0.277 e. The average Bonchev–Trinajstić information content (AvgIpc) is 2.16. The van der Waals surface area contributed by atoms with Crippen molar-refractivity contribution >= 4 is 28.1 Å². The summed E-state index contributed by atoms with van der Waals surface area (Å²) in [7, 11) is 0. The van der Waals surface area contributed by atoms with Gasteiger partial charge in [0.2, 0.25) is 0 Å². The Morgan fingerprint density at radius 3 is 2.93 bits per heavy atom. The first-order valence-electron chi connectivity index (χ1n) is 3.87. The van der Waals surface area contributed by atoms with Gasteiger partial charge in [-0.2, -0.15) is 0 Å². The van der Waals surface area contributed by atoms with E-state index in [1.54, 1.807) is 12.1 Å². The van der Waals surface area contributed by atoms with Gasteiger partial charge < -0.3 is 0 Å². The Kier molecular flexibility index (Phi) is 2.05. The third kappa shape index (κ3) is 1.40. The molecule has 0 fully saturated rings. The Morgan fingerprint density at radius 1 is 1.43 bits per heavy atom. The number of nitro groups is 1. The second-order valence-corrected chi connectivity index (χ2v) is 3.15. The van der Waals surface area contributed by atoms with Crippen molar-refractivity contribution in [1.29, 1.82) is 0 Å². The molecular formula is C9H5ClN2O2. The van der Waals surface area contributed by atoms with Crippen molar-refractivity contribution in [2.45, 2.75) is 0 Å². The van der Waals surface area contributed by atoms with Crippen LogP contribution in [0, 0.1) is 10.1 Å². The van der Waals surface area contributed by atoms with Crippen LogP contribution in [-0.2, 0) is 0 Å². The van der Waals surface area contributed by atoms with E-state index in [9.17, 15) is 10.1 Å². The van der Waals surface area contributed by atoms with Crippen LogP contribution in [-0.4, -0.2) is 9.91 Å². The van der Waals surface area contributed by atoms with Crippen molar-refractivity contribution in [1.82, 2.24) is 4.98 Å². The van der Waals surface area contributed by atoms with Gasteiger partial charge in [0.05, 0.1) is 10.3 Å². The summed E-state index contributed by atoms with van der Waals surface area (Å²) in [6, 6.07) is 6.31. The molecule has 0 spiro atoms. The summed E-state index contributed by atoms with van der Waals surface area (Å²) < 4.78 is 0. The van der Waals surface area contributed by atoms with E-state index in [1.807, 2.05) is 0 Å². The van der Waals surface area contributed by atoms with E-state index in [0.29, 0.717) is 10.8 Å². The molecule has 0 radical (unpaired) electrons. The molecule has 0 aliphatic carbocycles. The highest BCUT2D eigenvalue weighted by molar-refractivity contribution is 6.30. The molecule has 0 atom stereocenters. The van der Waals surface area contributed by atoms with Gasteiger partial charge in [0.15, 0.2) is 0 Å². The van der Waals surface area contributed by atoms with Gasteiger partial charge in [-0.25, -0.2) is 4.98 Å². The molecule has 2 rings (SSSR count). The Hall–Kier alpha value is -1.68. The Bertz CT molecular complexity index is 513. The van der Waals surface area contributed by atoms with Gasteiger partial charge in [-0.15, -0.1) is 0 Å². The highest BCUT2D eigenvalue weighted by atomic mass is 35.5. The van der Waals surface area contributed by atoms with E-state index < -0.39 is 4.92 Å². The summed E-state index contributed by atoms with van der Waals surface area (Å²) in [5.41, 5.74) is 0.0480. The summed E-state index contributed by atoms with van der Waals surface area (Å²) in [4.78, 5) is 14.1. The second-order valence-electron chi connectivity index (χ2n) is 2.76. The number of nitro benzene ring substituents is 1. The minimum atomic E-state index is -0.432. The van der Waals surface area contributed by atoms with E-state index in [0.717, 1.165) is 0 Å². The minimum Gasteiger partial charge on any atom is -0.258 e. The first-order chi connectivity index (χ1) is 6.68. The van der Waals surface area contributed by atoms with Gasteiger partial charge >= 0.3 is 0 Å². The quantitative estimate of drug-likeness (QED) is 0.411. The molecule has 0 bridgehead atoms. The number of benzene rings is 1.